The Labute approximate surface area is 163 Å². The minimum Gasteiger partial charge on any atom is -0.481 e. The predicted octanol–water partition coefficient (Wildman–Crippen LogP) is 2.37. The maximum atomic E-state index is 12.8. The van der Waals surface area contributed by atoms with E-state index >= 15 is 0 Å². The van der Waals surface area contributed by atoms with Crippen LogP contribution in [0, 0.1) is 5.41 Å². The van der Waals surface area contributed by atoms with E-state index in [0.29, 0.717) is 19.3 Å². The van der Waals surface area contributed by atoms with Crippen LogP contribution in [0.2, 0.25) is 0 Å². The summed E-state index contributed by atoms with van der Waals surface area (Å²) in [4.78, 5) is 39.4. The molecule has 0 spiro atoms. The molecule has 2 amide bonds. The molecule has 4 N–H and O–H groups in total. The molecule has 28 heavy (non-hydrogen) atoms. The number of aromatic nitrogens is 1. The number of benzene rings is 1. The van der Waals surface area contributed by atoms with E-state index in [1.54, 1.807) is 0 Å². The van der Waals surface area contributed by atoms with E-state index in [2.05, 4.69) is 15.6 Å². The molecular formula is C21H27N3O4. The second kappa shape index (κ2) is 8.46. The van der Waals surface area contributed by atoms with Gasteiger partial charge in [0, 0.05) is 37.0 Å². The van der Waals surface area contributed by atoms with Crippen LogP contribution in [0.25, 0.3) is 10.9 Å². The second-order valence-corrected chi connectivity index (χ2v) is 7.68. The highest BCUT2D eigenvalue weighted by atomic mass is 16.4. The van der Waals surface area contributed by atoms with Crippen LogP contribution in [0.15, 0.2) is 30.5 Å². The molecule has 7 nitrogen and oxygen atoms in total. The van der Waals surface area contributed by atoms with Gasteiger partial charge in [-0.15, -0.1) is 0 Å². The van der Waals surface area contributed by atoms with Gasteiger partial charge in [0.25, 0.3) is 0 Å². The Morgan fingerprint density at radius 2 is 1.89 bits per heavy atom. The average Bonchev–Trinajstić information content (AvgIpc) is 3.09. The highest BCUT2D eigenvalue weighted by Gasteiger charge is 2.40. The Bertz CT molecular complexity index is 867. The Balaban J connectivity index is 1.72. The number of carboxylic acids is 1. The maximum absolute atomic E-state index is 12.8. The van der Waals surface area contributed by atoms with Gasteiger partial charge in [-0.05, 0) is 24.5 Å². The van der Waals surface area contributed by atoms with Gasteiger partial charge in [0.05, 0.1) is 5.41 Å². The van der Waals surface area contributed by atoms with Crippen LogP contribution >= 0.6 is 0 Å². The average molecular weight is 385 g/mol. The molecule has 1 saturated carbocycles. The number of carbonyl (C=O) groups is 3. The molecule has 1 aliphatic carbocycles. The lowest BCUT2D eigenvalue weighted by molar-refractivity contribution is -0.151. The summed E-state index contributed by atoms with van der Waals surface area (Å²) in [6, 6.07) is 7.01. The molecule has 1 aromatic heterocycles. The van der Waals surface area contributed by atoms with Crippen LogP contribution in [0.4, 0.5) is 0 Å². The van der Waals surface area contributed by atoms with Gasteiger partial charge < -0.3 is 20.7 Å². The SMILES string of the molecule is CC(=O)NC(Cc1c[nH]c2ccccc12)C(=O)NCC1(C(=O)O)CCCCC1. The van der Waals surface area contributed by atoms with Gasteiger partial charge in [0.2, 0.25) is 11.8 Å². The van der Waals surface area contributed by atoms with E-state index in [1.165, 1.54) is 6.92 Å². The Morgan fingerprint density at radius 3 is 2.57 bits per heavy atom. The number of rotatable bonds is 7. The molecule has 0 bridgehead atoms. The number of para-hydroxylation sites is 1. The van der Waals surface area contributed by atoms with E-state index in [1.807, 2.05) is 30.5 Å². The second-order valence-electron chi connectivity index (χ2n) is 7.68. The minimum atomic E-state index is -0.907. The number of nitrogens with one attached hydrogen (secondary N) is 3. The van der Waals surface area contributed by atoms with Gasteiger partial charge >= 0.3 is 5.97 Å². The summed E-state index contributed by atoms with van der Waals surface area (Å²) in [5, 5.41) is 16.2. The van der Waals surface area contributed by atoms with Crippen molar-refractivity contribution in [2.45, 2.75) is 51.5 Å². The smallest absolute Gasteiger partial charge is 0.311 e. The normalized spacial score (nSPS) is 17.0. The van der Waals surface area contributed by atoms with Gasteiger partial charge in [0.15, 0.2) is 0 Å². The summed E-state index contributed by atoms with van der Waals surface area (Å²) in [6.45, 7) is 1.46. The fourth-order valence-electron chi connectivity index (χ4n) is 4.05. The summed E-state index contributed by atoms with van der Waals surface area (Å²) in [5.41, 5.74) is 0.983. The Morgan fingerprint density at radius 1 is 1.18 bits per heavy atom. The molecule has 0 aliphatic heterocycles. The maximum Gasteiger partial charge on any atom is 0.311 e. The number of carbonyl (C=O) groups excluding carboxylic acids is 2. The summed E-state index contributed by atoms with van der Waals surface area (Å²) < 4.78 is 0. The molecule has 3 rings (SSSR count). The van der Waals surface area contributed by atoms with Crippen LogP contribution < -0.4 is 10.6 Å². The molecule has 1 unspecified atom stereocenters. The number of H-pyrrole nitrogens is 1. The van der Waals surface area contributed by atoms with Crippen molar-refractivity contribution in [1.29, 1.82) is 0 Å². The van der Waals surface area contributed by atoms with Crippen molar-refractivity contribution in [2.75, 3.05) is 6.54 Å². The van der Waals surface area contributed by atoms with E-state index in [-0.39, 0.29) is 18.4 Å². The fraction of sp³-hybridized carbons (Fsp3) is 0.476. The van der Waals surface area contributed by atoms with Crippen molar-refractivity contribution in [3.63, 3.8) is 0 Å². The molecule has 1 heterocycles. The molecule has 7 heteroatoms. The number of aromatic amines is 1. The third kappa shape index (κ3) is 4.35. The van der Waals surface area contributed by atoms with Crippen molar-refractivity contribution in [3.8, 4) is 0 Å². The quantitative estimate of drug-likeness (QED) is 0.586. The lowest BCUT2D eigenvalue weighted by Gasteiger charge is -2.33. The number of hydrogen-bond donors (Lipinski definition) is 4. The van der Waals surface area contributed by atoms with Gasteiger partial charge in [-0.25, -0.2) is 0 Å². The third-order valence-corrected chi connectivity index (χ3v) is 5.66. The Hall–Kier alpha value is -2.83. The van der Waals surface area contributed by atoms with Gasteiger partial charge in [-0.1, -0.05) is 37.5 Å². The lowest BCUT2D eigenvalue weighted by Crippen LogP contribution is -2.51. The molecule has 150 valence electrons. The van der Waals surface area contributed by atoms with E-state index in [0.717, 1.165) is 35.7 Å². The van der Waals surface area contributed by atoms with E-state index < -0.39 is 17.4 Å². The zero-order chi connectivity index (χ0) is 20.1. The first kappa shape index (κ1) is 19.9. The summed E-state index contributed by atoms with van der Waals surface area (Å²) in [6.07, 6.45) is 6.03. The first-order valence-corrected chi connectivity index (χ1v) is 9.74. The molecule has 1 fully saturated rings. The van der Waals surface area contributed by atoms with Crippen LogP contribution in [0.5, 0.6) is 0 Å². The summed E-state index contributed by atoms with van der Waals surface area (Å²) >= 11 is 0. The molecule has 2 aromatic rings. The van der Waals surface area contributed by atoms with Crippen molar-refractivity contribution in [3.05, 3.63) is 36.0 Å². The van der Waals surface area contributed by atoms with E-state index in [4.69, 9.17) is 0 Å². The fourth-order valence-corrected chi connectivity index (χ4v) is 4.05. The molecule has 0 saturated heterocycles. The third-order valence-electron chi connectivity index (χ3n) is 5.66. The van der Waals surface area contributed by atoms with E-state index in [9.17, 15) is 19.5 Å². The minimum absolute atomic E-state index is 0.0884. The monoisotopic (exact) mass is 385 g/mol. The first-order valence-electron chi connectivity index (χ1n) is 9.74. The zero-order valence-electron chi connectivity index (χ0n) is 16.1. The largest absolute Gasteiger partial charge is 0.481 e. The van der Waals surface area contributed by atoms with Gasteiger partial charge in [-0.3, -0.25) is 14.4 Å². The number of fused-ring (bicyclic) bond motifs is 1. The number of amides is 2. The zero-order valence-corrected chi connectivity index (χ0v) is 16.1. The molecule has 1 atom stereocenters. The molecule has 1 aliphatic rings. The summed E-state index contributed by atoms with van der Waals surface area (Å²) in [7, 11) is 0. The summed E-state index contributed by atoms with van der Waals surface area (Å²) in [5.74, 6) is -1.52. The molecule has 0 radical (unpaired) electrons. The van der Waals surface area contributed by atoms with Crippen LogP contribution in [-0.2, 0) is 20.8 Å². The topological polar surface area (TPSA) is 111 Å². The number of carboxylic acid groups (broad SMARTS) is 1. The van der Waals surface area contributed by atoms with Crippen molar-refractivity contribution in [2.24, 2.45) is 5.41 Å². The van der Waals surface area contributed by atoms with Gasteiger partial charge in [0.1, 0.15) is 6.04 Å². The Kier molecular flexibility index (Phi) is 6.02. The van der Waals surface area contributed by atoms with Crippen LogP contribution in [0.3, 0.4) is 0 Å². The molecular weight excluding hydrogens is 358 g/mol. The highest BCUT2D eigenvalue weighted by molar-refractivity contribution is 5.89. The van der Waals surface area contributed by atoms with Crippen molar-refractivity contribution in [1.82, 2.24) is 15.6 Å². The predicted molar refractivity (Wildman–Crippen MR) is 106 cm³/mol. The number of hydrogen-bond acceptors (Lipinski definition) is 3. The lowest BCUT2D eigenvalue weighted by atomic mass is 9.74. The van der Waals surface area contributed by atoms with Crippen LogP contribution in [0.1, 0.15) is 44.6 Å². The first-order chi connectivity index (χ1) is 13.4. The number of aliphatic carboxylic acids is 1. The van der Waals surface area contributed by atoms with Gasteiger partial charge in [-0.2, -0.15) is 0 Å². The highest BCUT2D eigenvalue weighted by Crippen LogP contribution is 2.36. The van der Waals surface area contributed by atoms with Crippen molar-refractivity contribution < 1.29 is 19.5 Å². The molecule has 1 aromatic carbocycles. The standard InChI is InChI=1S/C21H27N3O4/c1-14(25)24-18(11-15-12-22-17-8-4-3-7-16(15)17)19(26)23-13-21(20(27)28)9-5-2-6-10-21/h3-4,7-8,12,18,22H,2,5-6,9-11,13H2,1H3,(H,23,26)(H,24,25)(H,27,28). The van der Waals surface area contributed by atoms with Crippen LogP contribution in [-0.4, -0.2) is 40.5 Å². The van der Waals surface area contributed by atoms with Crippen molar-refractivity contribution >= 4 is 28.7 Å².